The van der Waals surface area contributed by atoms with Crippen LogP contribution in [0.5, 0.6) is 0 Å². The van der Waals surface area contributed by atoms with Gasteiger partial charge in [0.25, 0.3) is 0 Å². The Morgan fingerprint density at radius 1 is 1.14 bits per heavy atom. The lowest BCUT2D eigenvalue weighted by Gasteiger charge is -2.38. The van der Waals surface area contributed by atoms with Crippen LogP contribution in [0, 0.1) is 0 Å². The Balaban J connectivity index is 1.45. The lowest BCUT2D eigenvalue weighted by atomic mass is 9.99. The van der Waals surface area contributed by atoms with Gasteiger partial charge in [0, 0.05) is 38.2 Å². The summed E-state index contributed by atoms with van der Waals surface area (Å²) >= 11 is 0. The minimum absolute atomic E-state index is 0.000280. The van der Waals surface area contributed by atoms with Gasteiger partial charge >= 0.3 is 6.09 Å². The zero-order valence-electron chi connectivity index (χ0n) is 21.5. The molecule has 2 fully saturated rings. The lowest BCUT2D eigenvalue weighted by Crippen LogP contribution is -2.42. The van der Waals surface area contributed by atoms with Crippen LogP contribution >= 0.6 is 0 Å². The first-order chi connectivity index (χ1) is 18.1. The van der Waals surface area contributed by atoms with E-state index in [4.69, 9.17) is 18.9 Å². The molecule has 200 valence electrons. The monoisotopic (exact) mass is 510 g/mol. The van der Waals surface area contributed by atoms with Crippen molar-refractivity contribution in [3.05, 3.63) is 83.4 Å². The molecule has 2 aromatic carbocycles. The third-order valence-corrected chi connectivity index (χ3v) is 6.93. The molecule has 4 rings (SSSR count). The molecular formula is C29H38N2O6. The van der Waals surface area contributed by atoms with Crippen LogP contribution in [0.2, 0.25) is 0 Å². The molecule has 8 nitrogen and oxygen atoms in total. The molecule has 0 aromatic heterocycles. The van der Waals surface area contributed by atoms with Gasteiger partial charge in [0.2, 0.25) is 0 Å². The van der Waals surface area contributed by atoms with E-state index in [-0.39, 0.29) is 25.4 Å². The Morgan fingerprint density at radius 3 is 2.57 bits per heavy atom. The Morgan fingerprint density at radius 2 is 1.86 bits per heavy atom. The lowest BCUT2D eigenvalue weighted by molar-refractivity contribution is -0.253. The van der Waals surface area contributed by atoms with Gasteiger partial charge in [-0.25, -0.2) is 4.79 Å². The van der Waals surface area contributed by atoms with Crippen molar-refractivity contribution in [1.29, 1.82) is 0 Å². The molecule has 2 aliphatic rings. The van der Waals surface area contributed by atoms with Crippen LogP contribution in [0.1, 0.15) is 53.9 Å². The maximum atomic E-state index is 11.7. The van der Waals surface area contributed by atoms with Crippen LogP contribution in [0.25, 0.3) is 0 Å². The van der Waals surface area contributed by atoms with E-state index in [1.165, 1.54) is 12.5 Å². The van der Waals surface area contributed by atoms with Crippen LogP contribution < -0.4 is 5.32 Å². The molecule has 0 spiro atoms. The van der Waals surface area contributed by atoms with Crippen molar-refractivity contribution < 1.29 is 28.8 Å². The molecule has 2 aliphatic heterocycles. The average molecular weight is 511 g/mol. The molecule has 0 saturated carbocycles. The van der Waals surface area contributed by atoms with E-state index < -0.39 is 12.4 Å². The predicted octanol–water partition coefficient (Wildman–Crippen LogP) is 4.25. The van der Waals surface area contributed by atoms with E-state index in [0.29, 0.717) is 12.6 Å². The summed E-state index contributed by atoms with van der Waals surface area (Å²) in [6.45, 7) is 6.70. The maximum Gasteiger partial charge on any atom is 0.407 e. The van der Waals surface area contributed by atoms with E-state index in [0.717, 1.165) is 54.8 Å². The summed E-state index contributed by atoms with van der Waals surface area (Å²) < 4.78 is 23.4. The Hall–Kier alpha value is -2.75. The highest BCUT2D eigenvalue weighted by atomic mass is 16.7. The molecule has 37 heavy (non-hydrogen) atoms. The van der Waals surface area contributed by atoms with Crippen LogP contribution in [0.3, 0.4) is 0 Å². The molecule has 2 heterocycles. The fourth-order valence-electron chi connectivity index (χ4n) is 4.96. The minimum Gasteiger partial charge on any atom is -0.445 e. The minimum atomic E-state index is -0.510. The summed E-state index contributed by atoms with van der Waals surface area (Å²) in [5.74, 6) is 0. The molecular weight excluding hydrogens is 472 g/mol. The number of alkyl carbamates (subject to hydrolysis) is 1. The average Bonchev–Trinajstić information content (AvgIpc) is 3.37. The standard InChI is InChI=1S/C29H38N2O6/c1-3-15-35-29(33)30-17-21-6-12-24(13-7-21)28-36-26(18-31-14-4-5-25(31)20-34-2)16-27(37-28)23-10-8-22(19-32)9-11-23/h3,6-13,25-28,32H,1,4-5,14-20H2,2H3,(H,30,33)/t25-,26+,27-,28-/m0/s1. The second-order valence-corrected chi connectivity index (χ2v) is 9.58. The van der Waals surface area contributed by atoms with Crippen molar-refractivity contribution in [3.8, 4) is 0 Å². The highest BCUT2D eigenvalue weighted by molar-refractivity contribution is 5.67. The van der Waals surface area contributed by atoms with Gasteiger partial charge in [0.1, 0.15) is 6.61 Å². The SMILES string of the molecule is C=CCOC(=O)NCc1ccc([C@H]2O[C@@H](CN3CCC[C@H]3COC)C[C@@H](c3ccc(CO)cc3)O2)cc1. The largest absolute Gasteiger partial charge is 0.445 e. The second-order valence-electron chi connectivity index (χ2n) is 9.58. The Labute approximate surface area is 219 Å². The molecule has 0 bridgehead atoms. The first kappa shape index (κ1) is 27.3. The zero-order valence-corrected chi connectivity index (χ0v) is 21.5. The van der Waals surface area contributed by atoms with Crippen molar-refractivity contribution in [2.24, 2.45) is 0 Å². The summed E-state index contributed by atoms with van der Waals surface area (Å²) in [7, 11) is 1.76. The number of amides is 1. The Kier molecular flexibility index (Phi) is 10.1. The number of benzene rings is 2. The number of nitrogens with one attached hydrogen (secondary N) is 1. The van der Waals surface area contributed by atoms with Gasteiger partial charge in [0.05, 0.1) is 25.4 Å². The van der Waals surface area contributed by atoms with Crippen molar-refractivity contribution in [2.45, 2.75) is 57.0 Å². The van der Waals surface area contributed by atoms with Gasteiger partial charge in [-0.05, 0) is 36.1 Å². The molecule has 2 aromatic rings. The van der Waals surface area contributed by atoms with E-state index in [1.54, 1.807) is 7.11 Å². The molecule has 8 heteroatoms. The number of likely N-dealkylation sites (tertiary alicyclic amines) is 1. The zero-order chi connectivity index (χ0) is 26.0. The number of ether oxygens (including phenoxy) is 4. The molecule has 0 aliphatic carbocycles. The topological polar surface area (TPSA) is 89.5 Å². The highest BCUT2D eigenvalue weighted by Crippen LogP contribution is 2.38. The van der Waals surface area contributed by atoms with Crippen LogP contribution in [0.4, 0.5) is 4.79 Å². The summed E-state index contributed by atoms with van der Waals surface area (Å²) in [5.41, 5.74) is 3.82. The van der Waals surface area contributed by atoms with Crippen molar-refractivity contribution >= 4 is 6.09 Å². The molecule has 1 amide bonds. The quantitative estimate of drug-likeness (QED) is 0.437. The smallest absolute Gasteiger partial charge is 0.407 e. The third-order valence-electron chi connectivity index (χ3n) is 6.93. The number of methoxy groups -OCH3 is 1. The normalized spacial score (nSPS) is 24.1. The fraction of sp³-hybridized carbons (Fsp3) is 0.483. The molecule has 4 atom stereocenters. The van der Waals surface area contributed by atoms with Gasteiger partial charge in [-0.15, -0.1) is 0 Å². The molecule has 2 N–H and O–H groups in total. The van der Waals surface area contributed by atoms with E-state index in [2.05, 4.69) is 16.8 Å². The number of hydrogen-bond donors (Lipinski definition) is 2. The Bertz CT molecular complexity index is 996. The van der Waals surface area contributed by atoms with Gasteiger partial charge < -0.3 is 29.4 Å². The molecule has 0 unspecified atom stereocenters. The van der Waals surface area contributed by atoms with E-state index in [9.17, 15) is 9.90 Å². The summed E-state index contributed by atoms with van der Waals surface area (Å²) in [4.78, 5) is 14.2. The van der Waals surface area contributed by atoms with Crippen LogP contribution in [-0.2, 0) is 32.1 Å². The van der Waals surface area contributed by atoms with Crippen LogP contribution in [0.15, 0.2) is 61.2 Å². The first-order valence-electron chi connectivity index (χ1n) is 12.9. The summed E-state index contributed by atoms with van der Waals surface area (Å²) in [5, 5.41) is 12.2. The van der Waals surface area contributed by atoms with Gasteiger partial charge in [-0.1, -0.05) is 61.2 Å². The fourth-order valence-corrected chi connectivity index (χ4v) is 4.96. The third kappa shape index (κ3) is 7.63. The number of carbonyl (C=O) groups is 1. The number of hydrogen-bond acceptors (Lipinski definition) is 7. The molecule has 0 radical (unpaired) electrons. The number of nitrogens with zero attached hydrogens (tertiary/aromatic N) is 1. The summed E-state index contributed by atoms with van der Waals surface area (Å²) in [6.07, 6.45) is 3.48. The number of aliphatic hydroxyl groups excluding tert-OH is 1. The van der Waals surface area contributed by atoms with E-state index in [1.807, 2.05) is 48.5 Å². The van der Waals surface area contributed by atoms with Crippen LogP contribution in [-0.4, -0.2) is 61.7 Å². The van der Waals surface area contributed by atoms with Crippen molar-refractivity contribution in [1.82, 2.24) is 10.2 Å². The predicted molar refractivity (Wildman–Crippen MR) is 140 cm³/mol. The first-order valence-corrected chi connectivity index (χ1v) is 12.9. The van der Waals surface area contributed by atoms with Crippen molar-refractivity contribution in [3.63, 3.8) is 0 Å². The second kappa shape index (κ2) is 13.7. The number of carbonyl (C=O) groups excluding carboxylic acids is 1. The van der Waals surface area contributed by atoms with Gasteiger partial charge in [-0.2, -0.15) is 0 Å². The van der Waals surface area contributed by atoms with E-state index >= 15 is 0 Å². The van der Waals surface area contributed by atoms with Crippen molar-refractivity contribution in [2.75, 3.05) is 33.4 Å². The highest BCUT2D eigenvalue weighted by Gasteiger charge is 2.35. The van der Waals surface area contributed by atoms with Gasteiger partial charge in [0.15, 0.2) is 6.29 Å². The summed E-state index contributed by atoms with van der Waals surface area (Å²) in [6, 6.07) is 16.2. The maximum absolute atomic E-state index is 11.7. The molecule has 2 saturated heterocycles. The number of aliphatic hydroxyl groups is 1. The van der Waals surface area contributed by atoms with Gasteiger partial charge in [-0.3, -0.25) is 4.90 Å². The number of rotatable bonds is 11.